The maximum Gasteiger partial charge on any atom is 0.333 e. The lowest BCUT2D eigenvalue weighted by molar-refractivity contribution is -0.384. The number of benzene rings is 1. The van der Waals surface area contributed by atoms with E-state index in [9.17, 15) is 14.9 Å². The lowest BCUT2D eigenvalue weighted by atomic mass is 10.0. The zero-order chi connectivity index (χ0) is 14.7. The summed E-state index contributed by atoms with van der Waals surface area (Å²) in [6, 6.07) is 4.07. The summed E-state index contributed by atoms with van der Waals surface area (Å²) in [6.45, 7) is 0.274. The highest BCUT2D eigenvalue weighted by atomic mass is 16.6. The molecule has 0 radical (unpaired) electrons. The predicted molar refractivity (Wildman–Crippen MR) is 69.0 cm³/mol. The number of rotatable bonds is 5. The Kier molecular flexibility index (Phi) is 4.04. The molecule has 2 atom stereocenters. The summed E-state index contributed by atoms with van der Waals surface area (Å²) in [6.07, 6.45) is 0. The third-order valence-corrected chi connectivity index (χ3v) is 3.14. The van der Waals surface area contributed by atoms with Crippen LogP contribution in [0.3, 0.4) is 0 Å². The first-order valence-corrected chi connectivity index (χ1v) is 5.93. The molecule has 1 fully saturated rings. The van der Waals surface area contributed by atoms with Gasteiger partial charge < -0.3 is 19.9 Å². The van der Waals surface area contributed by atoms with Gasteiger partial charge in [0, 0.05) is 0 Å². The number of hydrogen-bond donors (Lipinski definition) is 2. The number of nitrogens with one attached hydrogen (secondary N) is 1. The largest absolute Gasteiger partial charge is 0.490 e. The Bertz CT molecular complexity index is 533. The van der Waals surface area contributed by atoms with Gasteiger partial charge in [0.2, 0.25) is 0 Å². The molecule has 1 aromatic rings. The molecule has 1 aliphatic heterocycles. The lowest BCUT2D eigenvalue weighted by Crippen LogP contribution is -2.33. The standard InChI is InChI=1S/C12H14N2O6/c1-19-10-4-2-3-8(11(10)14(17)18)13-9-6-20-5-7(9)12(15)16/h2-4,7,9,13H,5-6H2,1H3,(H,15,16). The van der Waals surface area contributed by atoms with E-state index in [2.05, 4.69) is 5.32 Å². The average molecular weight is 282 g/mol. The molecular formula is C12H14N2O6. The molecule has 0 aliphatic carbocycles. The monoisotopic (exact) mass is 282 g/mol. The van der Waals surface area contributed by atoms with Gasteiger partial charge in [-0.2, -0.15) is 0 Å². The molecule has 1 saturated heterocycles. The highest BCUT2D eigenvalue weighted by molar-refractivity contribution is 5.74. The molecular weight excluding hydrogens is 268 g/mol. The van der Waals surface area contributed by atoms with E-state index in [1.54, 1.807) is 6.07 Å². The molecule has 20 heavy (non-hydrogen) atoms. The van der Waals surface area contributed by atoms with Crippen molar-refractivity contribution < 1.29 is 24.3 Å². The third-order valence-electron chi connectivity index (χ3n) is 3.14. The van der Waals surface area contributed by atoms with Gasteiger partial charge in [0.05, 0.1) is 31.3 Å². The summed E-state index contributed by atoms with van der Waals surface area (Å²) < 4.78 is 10.1. The highest BCUT2D eigenvalue weighted by Gasteiger charge is 2.35. The number of carboxylic acids is 1. The maximum atomic E-state index is 11.1. The van der Waals surface area contributed by atoms with Crippen LogP contribution in [0.1, 0.15) is 0 Å². The van der Waals surface area contributed by atoms with E-state index in [-0.39, 0.29) is 30.3 Å². The molecule has 8 heteroatoms. The van der Waals surface area contributed by atoms with Gasteiger partial charge in [-0.3, -0.25) is 14.9 Å². The number of carboxylic acid groups (broad SMARTS) is 1. The molecule has 1 aromatic carbocycles. The number of anilines is 1. The first kappa shape index (κ1) is 14.1. The van der Waals surface area contributed by atoms with Crippen LogP contribution in [0.2, 0.25) is 0 Å². The SMILES string of the molecule is COc1cccc(NC2COCC2C(=O)O)c1[N+](=O)[O-]. The molecule has 0 spiro atoms. The van der Waals surface area contributed by atoms with Crippen LogP contribution in [0, 0.1) is 16.0 Å². The first-order valence-electron chi connectivity index (χ1n) is 5.93. The Balaban J connectivity index is 2.29. The van der Waals surface area contributed by atoms with Crippen molar-refractivity contribution in [1.82, 2.24) is 0 Å². The van der Waals surface area contributed by atoms with Gasteiger partial charge in [-0.1, -0.05) is 6.07 Å². The van der Waals surface area contributed by atoms with Gasteiger partial charge in [-0.15, -0.1) is 0 Å². The number of nitrogens with zero attached hydrogens (tertiary/aromatic N) is 1. The third kappa shape index (κ3) is 2.64. The smallest absolute Gasteiger partial charge is 0.333 e. The van der Waals surface area contributed by atoms with E-state index in [1.807, 2.05) is 0 Å². The second-order valence-electron chi connectivity index (χ2n) is 4.35. The normalized spacial score (nSPS) is 21.4. The van der Waals surface area contributed by atoms with E-state index < -0.39 is 22.9 Å². The van der Waals surface area contributed by atoms with Gasteiger partial charge in [0.1, 0.15) is 11.6 Å². The number of methoxy groups -OCH3 is 1. The molecule has 0 saturated carbocycles. The highest BCUT2D eigenvalue weighted by Crippen LogP contribution is 2.35. The molecule has 0 amide bonds. The number of carbonyl (C=O) groups is 1. The summed E-state index contributed by atoms with van der Waals surface area (Å²) in [7, 11) is 1.34. The minimum Gasteiger partial charge on any atom is -0.490 e. The van der Waals surface area contributed by atoms with Crippen molar-refractivity contribution in [2.45, 2.75) is 6.04 Å². The van der Waals surface area contributed by atoms with Gasteiger partial charge in [0.25, 0.3) is 0 Å². The first-order chi connectivity index (χ1) is 9.54. The van der Waals surface area contributed by atoms with Crippen molar-refractivity contribution in [3.8, 4) is 5.75 Å². The zero-order valence-electron chi connectivity index (χ0n) is 10.7. The van der Waals surface area contributed by atoms with Gasteiger partial charge >= 0.3 is 11.7 Å². The van der Waals surface area contributed by atoms with Gasteiger partial charge in [0.15, 0.2) is 5.75 Å². The van der Waals surface area contributed by atoms with Crippen molar-refractivity contribution in [2.75, 3.05) is 25.6 Å². The Morgan fingerprint density at radius 3 is 2.90 bits per heavy atom. The Labute approximate surface area is 114 Å². The van der Waals surface area contributed by atoms with Crippen molar-refractivity contribution >= 4 is 17.3 Å². The molecule has 1 aliphatic rings. The molecule has 1 heterocycles. The molecule has 0 bridgehead atoms. The minimum atomic E-state index is -0.995. The summed E-state index contributed by atoms with van der Waals surface area (Å²) in [5, 5.41) is 23.1. The fraction of sp³-hybridized carbons (Fsp3) is 0.417. The van der Waals surface area contributed by atoms with Crippen molar-refractivity contribution in [3.63, 3.8) is 0 Å². The Morgan fingerprint density at radius 2 is 2.30 bits per heavy atom. The molecule has 2 unspecified atom stereocenters. The van der Waals surface area contributed by atoms with Crippen LogP contribution in [0.5, 0.6) is 5.75 Å². The maximum absolute atomic E-state index is 11.1. The lowest BCUT2D eigenvalue weighted by Gasteiger charge is -2.17. The number of nitro groups is 1. The Hall–Kier alpha value is -2.35. The second-order valence-corrected chi connectivity index (χ2v) is 4.35. The van der Waals surface area contributed by atoms with Crippen LogP contribution >= 0.6 is 0 Å². The molecule has 8 nitrogen and oxygen atoms in total. The quantitative estimate of drug-likeness (QED) is 0.614. The van der Waals surface area contributed by atoms with Crippen LogP contribution in [0.4, 0.5) is 11.4 Å². The number of hydrogen-bond acceptors (Lipinski definition) is 6. The zero-order valence-corrected chi connectivity index (χ0v) is 10.7. The van der Waals surface area contributed by atoms with E-state index in [1.165, 1.54) is 19.2 Å². The van der Waals surface area contributed by atoms with Gasteiger partial charge in [-0.25, -0.2) is 0 Å². The topological polar surface area (TPSA) is 111 Å². The van der Waals surface area contributed by atoms with E-state index in [0.29, 0.717) is 0 Å². The number of aliphatic carboxylic acids is 1. The number of nitro benzene ring substituents is 1. The van der Waals surface area contributed by atoms with Crippen LogP contribution in [0.15, 0.2) is 18.2 Å². The number of ether oxygens (including phenoxy) is 2. The van der Waals surface area contributed by atoms with Crippen LogP contribution in [-0.2, 0) is 9.53 Å². The van der Waals surface area contributed by atoms with Crippen molar-refractivity contribution in [1.29, 1.82) is 0 Å². The summed E-state index contributed by atoms with van der Waals surface area (Å²) >= 11 is 0. The second kappa shape index (κ2) is 5.74. The van der Waals surface area contributed by atoms with Crippen molar-refractivity contribution in [2.24, 2.45) is 5.92 Å². The fourth-order valence-corrected chi connectivity index (χ4v) is 2.13. The van der Waals surface area contributed by atoms with E-state index in [0.717, 1.165) is 0 Å². The van der Waals surface area contributed by atoms with E-state index >= 15 is 0 Å². The Morgan fingerprint density at radius 1 is 1.55 bits per heavy atom. The summed E-state index contributed by atoms with van der Waals surface area (Å²) in [5.74, 6) is -1.61. The van der Waals surface area contributed by atoms with Gasteiger partial charge in [-0.05, 0) is 12.1 Å². The minimum absolute atomic E-state index is 0.0881. The van der Waals surface area contributed by atoms with Crippen LogP contribution in [0.25, 0.3) is 0 Å². The molecule has 0 aromatic heterocycles. The molecule has 2 rings (SSSR count). The fourth-order valence-electron chi connectivity index (χ4n) is 2.13. The van der Waals surface area contributed by atoms with Crippen LogP contribution < -0.4 is 10.1 Å². The summed E-state index contributed by atoms with van der Waals surface area (Å²) in [5.41, 5.74) is 0.00198. The molecule has 108 valence electrons. The summed E-state index contributed by atoms with van der Waals surface area (Å²) in [4.78, 5) is 21.6. The van der Waals surface area contributed by atoms with Crippen molar-refractivity contribution in [3.05, 3.63) is 28.3 Å². The average Bonchev–Trinajstić information content (AvgIpc) is 2.86. The predicted octanol–water partition coefficient (Wildman–Crippen LogP) is 1.11. The number of para-hydroxylation sites is 1. The van der Waals surface area contributed by atoms with Crippen LogP contribution in [-0.4, -0.2) is 42.4 Å². The molecule has 2 N–H and O–H groups in total. The van der Waals surface area contributed by atoms with E-state index in [4.69, 9.17) is 14.6 Å².